The number of halogens is 2. The fourth-order valence-corrected chi connectivity index (χ4v) is 2.80. The molecule has 0 aliphatic carbocycles. The summed E-state index contributed by atoms with van der Waals surface area (Å²) in [6.07, 6.45) is 0.706. The number of hydrogen-bond acceptors (Lipinski definition) is 2. The predicted octanol–water partition coefficient (Wildman–Crippen LogP) is 3.01. The molecule has 0 bridgehead atoms. The number of amides is 1. The molecule has 2 aromatic rings. The molecular weight excluding hydrogens is 291 g/mol. The number of para-hydroxylation sites is 1. The first-order valence-corrected chi connectivity index (χ1v) is 7.04. The molecule has 0 radical (unpaired) electrons. The molecule has 21 heavy (non-hydrogen) atoms. The zero-order chi connectivity index (χ0) is 15.0. The summed E-state index contributed by atoms with van der Waals surface area (Å²) in [7, 11) is 0. The highest BCUT2D eigenvalue weighted by atomic mass is 35.5. The van der Waals surface area contributed by atoms with Crippen molar-refractivity contribution in [2.45, 2.75) is 12.5 Å². The average Bonchev–Trinajstić information content (AvgIpc) is 2.48. The van der Waals surface area contributed by atoms with Gasteiger partial charge >= 0.3 is 0 Å². The third kappa shape index (κ3) is 2.64. The summed E-state index contributed by atoms with van der Waals surface area (Å²) in [6, 6.07) is 11.3. The van der Waals surface area contributed by atoms with Crippen molar-refractivity contribution in [1.82, 2.24) is 0 Å². The zero-order valence-electron chi connectivity index (χ0n) is 11.2. The third-order valence-electron chi connectivity index (χ3n) is 3.59. The van der Waals surface area contributed by atoms with Crippen LogP contribution in [0.5, 0.6) is 0 Å². The molecule has 108 valence electrons. The van der Waals surface area contributed by atoms with E-state index in [9.17, 15) is 9.18 Å². The Morgan fingerprint density at radius 3 is 2.86 bits per heavy atom. The van der Waals surface area contributed by atoms with Crippen LogP contribution >= 0.6 is 11.6 Å². The van der Waals surface area contributed by atoms with E-state index in [1.165, 1.54) is 23.1 Å². The summed E-state index contributed by atoms with van der Waals surface area (Å²) in [4.78, 5) is 14.2. The molecule has 0 aromatic heterocycles. The van der Waals surface area contributed by atoms with E-state index in [1.807, 2.05) is 24.3 Å². The average molecular weight is 305 g/mol. The van der Waals surface area contributed by atoms with E-state index >= 15 is 0 Å². The van der Waals surface area contributed by atoms with Crippen molar-refractivity contribution in [3.8, 4) is 0 Å². The van der Waals surface area contributed by atoms with Gasteiger partial charge in [0.1, 0.15) is 5.82 Å². The molecule has 1 aliphatic heterocycles. The van der Waals surface area contributed by atoms with Crippen molar-refractivity contribution >= 4 is 23.2 Å². The van der Waals surface area contributed by atoms with E-state index in [0.29, 0.717) is 18.0 Å². The second kappa shape index (κ2) is 5.47. The molecule has 3 rings (SSSR count). The zero-order valence-corrected chi connectivity index (χ0v) is 12.0. The van der Waals surface area contributed by atoms with Crippen LogP contribution in [0.25, 0.3) is 0 Å². The van der Waals surface area contributed by atoms with Gasteiger partial charge in [-0.1, -0.05) is 29.8 Å². The summed E-state index contributed by atoms with van der Waals surface area (Å²) in [5.74, 6) is -1.00. The molecule has 0 saturated heterocycles. The molecule has 2 N–H and O–H groups in total. The summed E-state index contributed by atoms with van der Waals surface area (Å²) in [5, 5.41) is 0.328. The van der Waals surface area contributed by atoms with Crippen LogP contribution < -0.4 is 10.6 Å². The number of rotatable bonds is 1. The maximum atomic E-state index is 13.9. The lowest BCUT2D eigenvalue weighted by atomic mass is 9.97. The van der Waals surface area contributed by atoms with Gasteiger partial charge in [0, 0.05) is 23.3 Å². The first-order chi connectivity index (χ1) is 10.1. The van der Waals surface area contributed by atoms with E-state index in [1.54, 1.807) is 0 Å². The third-order valence-corrected chi connectivity index (χ3v) is 3.82. The van der Waals surface area contributed by atoms with Crippen LogP contribution in [-0.2, 0) is 6.42 Å². The molecule has 1 heterocycles. The van der Waals surface area contributed by atoms with Crippen LogP contribution in [0, 0.1) is 5.82 Å². The van der Waals surface area contributed by atoms with Crippen LogP contribution in [0.2, 0.25) is 5.02 Å². The number of benzene rings is 2. The lowest BCUT2D eigenvalue weighted by Crippen LogP contribution is -2.46. The number of anilines is 1. The topological polar surface area (TPSA) is 46.3 Å². The molecule has 5 heteroatoms. The van der Waals surface area contributed by atoms with E-state index in [0.717, 1.165) is 11.3 Å². The lowest BCUT2D eigenvalue weighted by molar-refractivity contribution is 0.0979. The Kier molecular flexibility index (Phi) is 3.66. The fourth-order valence-electron chi connectivity index (χ4n) is 2.63. The number of carbonyl (C=O) groups excluding carboxylic acids is 1. The summed E-state index contributed by atoms with van der Waals surface area (Å²) < 4.78 is 13.9. The van der Waals surface area contributed by atoms with Gasteiger partial charge in [0.05, 0.1) is 5.56 Å². The summed E-state index contributed by atoms with van der Waals surface area (Å²) in [6.45, 7) is 0.363. The Balaban J connectivity index is 2.04. The highest BCUT2D eigenvalue weighted by Gasteiger charge is 2.28. The van der Waals surface area contributed by atoms with Crippen molar-refractivity contribution in [2.24, 2.45) is 5.73 Å². The monoisotopic (exact) mass is 304 g/mol. The van der Waals surface area contributed by atoms with Crippen LogP contribution in [0.3, 0.4) is 0 Å². The Morgan fingerprint density at radius 2 is 2.05 bits per heavy atom. The largest absolute Gasteiger partial charge is 0.326 e. The SMILES string of the molecule is NC1Cc2ccccc2N(C(=O)c2cc(Cl)ccc2F)C1. The van der Waals surface area contributed by atoms with Gasteiger partial charge in [-0.3, -0.25) is 4.79 Å². The van der Waals surface area contributed by atoms with Gasteiger partial charge in [-0.2, -0.15) is 0 Å². The van der Waals surface area contributed by atoms with Crippen LogP contribution in [-0.4, -0.2) is 18.5 Å². The fraction of sp³-hybridized carbons (Fsp3) is 0.188. The molecule has 1 unspecified atom stereocenters. The Morgan fingerprint density at radius 1 is 1.29 bits per heavy atom. The van der Waals surface area contributed by atoms with Crippen molar-refractivity contribution in [2.75, 3.05) is 11.4 Å². The van der Waals surface area contributed by atoms with E-state index in [-0.39, 0.29) is 11.6 Å². The maximum Gasteiger partial charge on any atom is 0.261 e. The van der Waals surface area contributed by atoms with Gasteiger partial charge in [-0.15, -0.1) is 0 Å². The number of nitrogens with zero attached hydrogens (tertiary/aromatic N) is 1. The Bertz CT molecular complexity index is 704. The highest BCUT2D eigenvalue weighted by molar-refractivity contribution is 6.31. The number of nitrogens with two attached hydrogens (primary N) is 1. The van der Waals surface area contributed by atoms with E-state index < -0.39 is 11.7 Å². The van der Waals surface area contributed by atoms with Crippen molar-refractivity contribution in [1.29, 1.82) is 0 Å². The van der Waals surface area contributed by atoms with E-state index in [4.69, 9.17) is 17.3 Å². The molecular formula is C16H14ClFN2O. The quantitative estimate of drug-likeness (QED) is 0.880. The smallest absolute Gasteiger partial charge is 0.261 e. The molecule has 2 aromatic carbocycles. The maximum absolute atomic E-state index is 13.9. The van der Waals surface area contributed by atoms with Gasteiger partial charge in [0.2, 0.25) is 0 Å². The standard InChI is InChI=1S/C16H14ClFN2O/c17-11-5-6-14(18)13(8-11)16(21)20-9-12(19)7-10-3-1-2-4-15(10)20/h1-6,8,12H,7,9,19H2. The van der Waals surface area contributed by atoms with Crippen molar-refractivity contribution < 1.29 is 9.18 Å². The minimum atomic E-state index is -0.582. The minimum absolute atomic E-state index is 0.0357. The van der Waals surface area contributed by atoms with Gasteiger partial charge in [0.15, 0.2) is 0 Å². The second-order valence-corrected chi connectivity index (χ2v) is 5.57. The van der Waals surface area contributed by atoms with Crippen LogP contribution in [0.15, 0.2) is 42.5 Å². The van der Waals surface area contributed by atoms with Crippen LogP contribution in [0.4, 0.5) is 10.1 Å². The first kappa shape index (κ1) is 14.0. The molecule has 1 amide bonds. The van der Waals surface area contributed by atoms with Crippen molar-refractivity contribution in [3.05, 3.63) is 64.4 Å². The van der Waals surface area contributed by atoms with Crippen molar-refractivity contribution in [3.63, 3.8) is 0 Å². The lowest BCUT2D eigenvalue weighted by Gasteiger charge is -2.33. The van der Waals surface area contributed by atoms with Gasteiger partial charge < -0.3 is 10.6 Å². The number of carbonyl (C=O) groups is 1. The van der Waals surface area contributed by atoms with Gasteiger partial charge in [-0.25, -0.2) is 4.39 Å². The number of fused-ring (bicyclic) bond motifs is 1. The minimum Gasteiger partial charge on any atom is -0.326 e. The first-order valence-electron chi connectivity index (χ1n) is 6.66. The second-order valence-electron chi connectivity index (χ2n) is 5.13. The normalized spacial score (nSPS) is 17.5. The number of hydrogen-bond donors (Lipinski definition) is 1. The molecule has 1 atom stereocenters. The Labute approximate surface area is 127 Å². The highest BCUT2D eigenvalue weighted by Crippen LogP contribution is 2.28. The molecule has 3 nitrogen and oxygen atoms in total. The molecule has 0 saturated carbocycles. The van der Waals surface area contributed by atoms with Crippen LogP contribution in [0.1, 0.15) is 15.9 Å². The molecule has 0 spiro atoms. The summed E-state index contributed by atoms with van der Waals surface area (Å²) in [5.41, 5.74) is 7.75. The molecule has 0 fully saturated rings. The predicted molar refractivity (Wildman–Crippen MR) is 81.2 cm³/mol. The van der Waals surface area contributed by atoms with Gasteiger partial charge in [0.25, 0.3) is 5.91 Å². The summed E-state index contributed by atoms with van der Waals surface area (Å²) >= 11 is 5.87. The molecule has 1 aliphatic rings. The Hall–Kier alpha value is -1.91. The van der Waals surface area contributed by atoms with E-state index in [2.05, 4.69) is 0 Å². The van der Waals surface area contributed by atoms with Gasteiger partial charge in [-0.05, 0) is 36.2 Å².